The average molecular weight is 552 g/mol. The van der Waals surface area contributed by atoms with E-state index < -0.39 is 11.6 Å². The Labute approximate surface area is 238 Å². The summed E-state index contributed by atoms with van der Waals surface area (Å²) in [7, 11) is 0. The van der Waals surface area contributed by atoms with Crippen molar-refractivity contribution in [2.24, 2.45) is 0 Å². The summed E-state index contributed by atoms with van der Waals surface area (Å²) < 4.78 is 3.12. The molecule has 11 nitrogen and oxygen atoms in total. The van der Waals surface area contributed by atoms with Crippen molar-refractivity contribution < 1.29 is 9.59 Å². The highest BCUT2D eigenvalue weighted by Gasteiger charge is 2.35. The van der Waals surface area contributed by atoms with Crippen LogP contribution in [0.4, 0.5) is 5.69 Å². The van der Waals surface area contributed by atoms with Gasteiger partial charge in [0.05, 0.1) is 11.2 Å². The Hall–Kier alpha value is -4.93. The largest absolute Gasteiger partial charge is 0.349 e. The lowest BCUT2D eigenvalue weighted by Crippen LogP contribution is -2.51. The van der Waals surface area contributed by atoms with Crippen molar-refractivity contribution in [1.29, 1.82) is 0 Å². The number of rotatable bonds is 9. The summed E-state index contributed by atoms with van der Waals surface area (Å²) in [5, 5.41) is 23.1. The van der Waals surface area contributed by atoms with Gasteiger partial charge in [-0.15, -0.1) is 10.2 Å². The summed E-state index contributed by atoms with van der Waals surface area (Å²) in [5.41, 5.74) is 4.84. The first-order valence-corrected chi connectivity index (χ1v) is 13.5. The van der Waals surface area contributed by atoms with Crippen LogP contribution in [0.3, 0.4) is 0 Å². The molecule has 0 aliphatic rings. The van der Waals surface area contributed by atoms with Gasteiger partial charge < -0.3 is 5.32 Å². The Kier molecular flexibility index (Phi) is 7.60. The lowest BCUT2D eigenvalue weighted by atomic mass is 9.97. The minimum absolute atomic E-state index is 0.110. The third-order valence-electron chi connectivity index (χ3n) is 7.27. The first kappa shape index (κ1) is 27.6. The maximum atomic E-state index is 14.3. The molecule has 3 aromatic carbocycles. The number of amides is 2. The van der Waals surface area contributed by atoms with E-state index in [1.165, 1.54) is 6.33 Å². The number of nitrogens with zero attached hydrogens (tertiary/aromatic N) is 8. The summed E-state index contributed by atoms with van der Waals surface area (Å²) >= 11 is 0. The van der Waals surface area contributed by atoms with Crippen molar-refractivity contribution in [3.8, 4) is 5.69 Å². The molecule has 0 aliphatic heterocycles. The summed E-state index contributed by atoms with van der Waals surface area (Å²) in [4.78, 5) is 30.0. The molecule has 2 heterocycles. The number of carbonyl (C=O) groups excluding carboxylic acids is 2. The van der Waals surface area contributed by atoms with E-state index in [2.05, 4.69) is 31.2 Å². The van der Waals surface area contributed by atoms with Crippen LogP contribution in [0.2, 0.25) is 0 Å². The minimum Gasteiger partial charge on any atom is -0.349 e. The Balaban J connectivity index is 1.63. The number of para-hydroxylation sites is 1. The van der Waals surface area contributed by atoms with Crippen molar-refractivity contribution in [2.45, 2.75) is 59.2 Å². The number of aromatic nitrogens is 7. The second kappa shape index (κ2) is 11.3. The summed E-state index contributed by atoms with van der Waals surface area (Å²) in [6.07, 6.45) is 2.23. The molecule has 0 unspecified atom stereocenters. The highest BCUT2D eigenvalue weighted by atomic mass is 16.2. The first-order valence-electron chi connectivity index (χ1n) is 13.5. The van der Waals surface area contributed by atoms with Crippen molar-refractivity contribution in [2.75, 3.05) is 4.90 Å². The third kappa shape index (κ3) is 5.84. The van der Waals surface area contributed by atoms with Gasteiger partial charge in [-0.05, 0) is 86.0 Å². The number of nitrogens with one attached hydrogen (secondary N) is 1. The summed E-state index contributed by atoms with van der Waals surface area (Å²) in [6, 6.07) is 19.7. The van der Waals surface area contributed by atoms with Gasteiger partial charge >= 0.3 is 0 Å². The SMILES string of the molecule is CCC(C)(C)NC(=O)[C@@H](c1ccc(C)cc1)N(C(=O)Cn1nnc2ccccc21)c1ccc(-n2cnnn2)c(C)c1. The van der Waals surface area contributed by atoms with Gasteiger partial charge in [0.25, 0.3) is 0 Å². The molecule has 41 heavy (non-hydrogen) atoms. The van der Waals surface area contributed by atoms with Crippen LogP contribution in [-0.4, -0.2) is 52.6 Å². The standard InChI is InChI=1S/C30H33N9O2/c1-6-30(4,5)32-29(41)28(22-13-11-20(2)12-14-22)39(23-15-16-25(21(3)17-23)38-19-31-34-36-38)27(40)18-37-26-10-8-7-9-24(26)33-35-37/h7-17,19,28H,6,18H2,1-5H3,(H,32,41)/t28-/m1/s1. The predicted molar refractivity (Wildman–Crippen MR) is 155 cm³/mol. The lowest BCUT2D eigenvalue weighted by molar-refractivity contribution is -0.128. The second-order valence-corrected chi connectivity index (χ2v) is 10.8. The van der Waals surface area contributed by atoms with E-state index in [9.17, 15) is 9.59 Å². The van der Waals surface area contributed by atoms with E-state index in [1.54, 1.807) is 20.3 Å². The maximum Gasteiger partial charge on any atom is 0.249 e. The predicted octanol–water partition coefficient (Wildman–Crippen LogP) is 4.10. The average Bonchev–Trinajstić information content (AvgIpc) is 3.63. The molecule has 0 bridgehead atoms. The quantitative estimate of drug-likeness (QED) is 0.292. The molecular formula is C30H33N9O2. The van der Waals surface area contributed by atoms with Crippen LogP contribution < -0.4 is 10.2 Å². The molecule has 0 fully saturated rings. The molecule has 1 atom stereocenters. The molecule has 0 spiro atoms. The number of benzene rings is 3. The topological polar surface area (TPSA) is 124 Å². The monoisotopic (exact) mass is 551 g/mol. The second-order valence-electron chi connectivity index (χ2n) is 10.8. The number of carbonyl (C=O) groups is 2. The van der Waals surface area contributed by atoms with Crippen molar-refractivity contribution in [3.63, 3.8) is 0 Å². The fraction of sp³-hybridized carbons (Fsp3) is 0.300. The third-order valence-corrected chi connectivity index (χ3v) is 7.27. The number of fused-ring (bicyclic) bond motifs is 1. The molecule has 210 valence electrons. The van der Waals surface area contributed by atoms with Gasteiger partial charge in [-0.3, -0.25) is 14.5 Å². The van der Waals surface area contributed by atoms with Crippen LogP contribution in [0.5, 0.6) is 0 Å². The highest BCUT2D eigenvalue weighted by molar-refractivity contribution is 6.02. The van der Waals surface area contributed by atoms with Crippen LogP contribution in [0.1, 0.15) is 49.9 Å². The maximum absolute atomic E-state index is 14.3. The molecule has 0 saturated heterocycles. The molecule has 5 aromatic rings. The lowest BCUT2D eigenvalue weighted by Gasteiger charge is -2.35. The molecule has 2 amide bonds. The molecule has 2 aromatic heterocycles. The molecular weight excluding hydrogens is 518 g/mol. The number of anilines is 1. The van der Waals surface area contributed by atoms with Gasteiger partial charge in [-0.25, -0.2) is 9.36 Å². The van der Waals surface area contributed by atoms with Gasteiger partial charge in [-0.1, -0.05) is 54.1 Å². The van der Waals surface area contributed by atoms with E-state index in [0.717, 1.165) is 28.8 Å². The number of tetrazole rings is 1. The molecule has 1 N–H and O–H groups in total. The molecule has 0 radical (unpaired) electrons. The molecule has 0 saturated carbocycles. The van der Waals surface area contributed by atoms with Crippen molar-refractivity contribution in [3.05, 3.63) is 89.7 Å². The van der Waals surface area contributed by atoms with Crippen molar-refractivity contribution >= 4 is 28.5 Å². The fourth-order valence-electron chi connectivity index (χ4n) is 4.65. The summed E-state index contributed by atoms with van der Waals surface area (Å²) in [6.45, 7) is 9.74. The Morgan fingerprint density at radius 1 is 1.00 bits per heavy atom. The highest BCUT2D eigenvalue weighted by Crippen LogP contribution is 2.32. The van der Waals surface area contributed by atoms with Gasteiger partial charge in [0.2, 0.25) is 11.8 Å². The zero-order chi connectivity index (χ0) is 29.1. The van der Waals surface area contributed by atoms with Gasteiger partial charge in [0, 0.05) is 11.2 Å². The fourth-order valence-corrected chi connectivity index (χ4v) is 4.65. The van der Waals surface area contributed by atoms with E-state index in [0.29, 0.717) is 16.8 Å². The molecule has 5 rings (SSSR count). The van der Waals surface area contributed by atoms with Gasteiger partial charge in [-0.2, -0.15) is 0 Å². The van der Waals surface area contributed by atoms with Crippen molar-refractivity contribution in [1.82, 2.24) is 40.5 Å². The minimum atomic E-state index is -0.943. The van der Waals surface area contributed by atoms with E-state index in [1.807, 2.05) is 95.3 Å². The van der Waals surface area contributed by atoms with Gasteiger partial charge in [0.1, 0.15) is 24.4 Å². The van der Waals surface area contributed by atoms with Crippen LogP contribution in [-0.2, 0) is 16.1 Å². The zero-order valence-electron chi connectivity index (χ0n) is 23.8. The Morgan fingerprint density at radius 2 is 1.76 bits per heavy atom. The molecule has 11 heteroatoms. The number of hydrogen-bond acceptors (Lipinski definition) is 7. The normalized spacial score (nSPS) is 12.3. The van der Waals surface area contributed by atoms with E-state index in [-0.39, 0.29) is 18.4 Å². The van der Waals surface area contributed by atoms with Crippen LogP contribution >= 0.6 is 0 Å². The molecule has 0 aliphatic carbocycles. The Bertz CT molecular complexity index is 1670. The first-order chi connectivity index (χ1) is 19.7. The zero-order valence-corrected chi connectivity index (χ0v) is 23.8. The number of aryl methyl sites for hydroxylation is 2. The number of hydrogen-bond donors (Lipinski definition) is 1. The van der Waals surface area contributed by atoms with E-state index >= 15 is 0 Å². The van der Waals surface area contributed by atoms with Crippen LogP contribution in [0.15, 0.2) is 73.1 Å². The van der Waals surface area contributed by atoms with Crippen LogP contribution in [0, 0.1) is 13.8 Å². The Morgan fingerprint density at radius 3 is 2.44 bits per heavy atom. The van der Waals surface area contributed by atoms with Crippen LogP contribution in [0.25, 0.3) is 16.7 Å². The van der Waals surface area contributed by atoms with E-state index in [4.69, 9.17) is 0 Å². The summed E-state index contributed by atoms with van der Waals surface area (Å²) in [5.74, 6) is -0.593. The van der Waals surface area contributed by atoms with Gasteiger partial charge in [0.15, 0.2) is 0 Å². The smallest absolute Gasteiger partial charge is 0.249 e.